The molecule has 2 nitrogen and oxygen atoms in total. The Morgan fingerprint density at radius 1 is 1.43 bits per heavy atom. The fraction of sp³-hybridized carbons (Fsp3) is 0.667. The molecule has 0 aromatic rings. The monoisotopic (exact) mass is 194 g/mol. The summed E-state index contributed by atoms with van der Waals surface area (Å²) in [5, 5.41) is 19.2. The van der Waals surface area contributed by atoms with Crippen molar-refractivity contribution in [1.82, 2.24) is 0 Å². The van der Waals surface area contributed by atoms with E-state index in [2.05, 4.69) is 13.5 Å². The Kier molecular flexibility index (Phi) is 2.28. The van der Waals surface area contributed by atoms with Gasteiger partial charge in [-0.3, -0.25) is 0 Å². The van der Waals surface area contributed by atoms with Gasteiger partial charge in [0.15, 0.2) is 0 Å². The van der Waals surface area contributed by atoms with Crippen LogP contribution in [-0.4, -0.2) is 22.4 Å². The predicted molar refractivity (Wildman–Crippen MR) is 55.8 cm³/mol. The van der Waals surface area contributed by atoms with Crippen LogP contribution in [0.15, 0.2) is 23.8 Å². The van der Waals surface area contributed by atoms with E-state index in [0.717, 1.165) is 19.3 Å². The lowest BCUT2D eigenvalue weighted by Gasteiger charge is -2.44. The summed E-state index contributed by atoms with van der Waals surface area (Å²) in [7, 11) is 0. The van der Waals surface area contributed by atoms with E-state index in [9.17, 15) is 10.2 Å². The Labute approximate surface area is 85.0 Å². The Morgan fingerprint density at radius 2 is 2.14 bits per heavy atom. The zero-order valence-electron chi connectivity index (χ0n) is 8.66. The predicted octanol–water partition coefficient (Wildman–Crippen LogP) is 1.78. The third kappa shape index (κ3) is 1.33. The van der Waals surface area contributed by atoms with Crippen LogP contribution in [-0.2, 0) is 0 Å². The Hall–Kier alpha value is -0.600. The highest BCUT2D eigenvalue weighted by molar-refractivity contribution is 5.33. The largest absolute Gasteiger partial charge is 0.390 e. The Balaban J connectivity index is 2.37. The lowest BCUT2D eigenvalue weighted by atomic mass is 9.62. The van der Waals surface area contributed by atoms with Crippen molar-refractivity contribution in [1.29, 1.82) is 0 Å². The van der Waals surface area contributed by atoms with Crippen molar-refractivity contribution in [2.24, 2.45) is 5.41 Å². The first-order chi connectivity index (χ1) is 6.54. The summed E-state index contributed by atoms with van der Waals surface area (Å²) in [5.74, 6) is 0. The van der Waals surface area contributed by atoms with E-state index >= 15 is 0 Å². The van der Waals surface area contributed by atoms with E-state index in [0.29, 0.717) is 6.42 Å². The van der Waals surface area contributed by atoms with Gasteiger partial charge in [0.2, 0.25) is 0 Å². The first-order valence-corrected chi connectivity index (χ1v) is 5.29. The lowest BCUT2D eigenvalue weighted by molar-refractivity contribution is 0.0133. The molecule has 1 saturated carbocycles. The van der Waals surface area contributed by atoms with Crippen LogP contribution in [0.1, 0.15) is 32.6 Å². The number of hydrogen-bond acceptors (Lipinski definition) is 2. The van der Waals surface area contributed by atoms with E-state index in [1.54, 1.807) is 0 Å². The van der Waals surface area contributed by atoms with Gasteiger partial charge in [-0.1, -0.05) is 30.7 Å². The third-order valence-electron chi connectivity index (χ3n) is 3.80. The molecule has 2 aliphatic carbocycles. The molecule has 2 heteroatoms. The van der Waals surface area contributed by atoms with Crippen molar-refractivity contribution in [3.8, 4) is 0 Å². The number of rotatable bonds is 0. The molecule has 3 unspecified atom stereocenters. The third-order valence-corrected chi connectivity index (χ3v) is 3.80. The molecule has 0 saturated heterocycles. The van der Waals surface area contributed by atoms with Crippen LogP contribution in [0, 0.1) is 5.41 Å². The van der Waals surface area contributed by atoms with Crippen LogP contribution in [0.5, 0.6) is 0 Å². The summed E-state index contributed by atoms with van der Waals surface area (Å²) in [4.78, 5) is 0. The molecule has 0 aliphatic heterocycles. The van der Waals surface area contributed by atoms with Crippen LogP contribution < -0.4 is 0 Å². The highest BCUT2D eigenvalue weighted by Gasteiger charge is 2.41. The van der Waals surface area contributed by atoms with E-state index in [-0.39, 0.29) is 5.41 Å². The van der Waals surface area contributed by atoms with Crippen LogP contribution >= 0.6 is 0 Å². The topological polar surface area (TPSA) is 40.5 Å². The summed E-state index contributed by atoms with van der Waals surface area (Å²) in [6.07, 6.45) is 4.37. The average Bonchev–Trinajstić information content (AvgIpc) is 2.11. The van der Waals surface area contributed by atoms with Gasteiger partial charge in [-0.15, -0.1) is 0 Å². The molecule has 0 radical (unpaired) electrons. The number of aliphatic hydroxyl groups is 2. The zero-order valence-corrected chi connectivity index (χ0v) is 8.66. The highest BCUT2D eigenvalue weighted by Crippen LogP contribution is 2.49. The quantitative estimate of drug-likeness (QED) is 0.577. The van der Waals surface area contributed by atoms with Crippen molar-refractivity contribution >= 4 is 0 Å². The molecule has 0 spiro atoms. The normalized spacial score (nSPS) is 43.1. The van der Waals surface area contributed by atoms with Gasteiger partial charge >= 0.3 is 0 Å². The SMILES string of the molecule is C=C1CCCC2=CC(O)C(O)CC12C. The van der Waals surface area contributed by atoms with Crippen molar-refractivity contribution in [3.05, 3.63) is 23.8 Å². The maximum Gasteiger partial charge on any atom is 0.0983 e. The minimum atomic E-state index is -0.677. The molecule has 78 valence electrons. The molecule has 2 N–H and O–H groups in total. The molecular weight excluding hydrogens is 176 g/mol. The summed E-state index contributed by atoms with van der Waals surface area (Å²) in [6.45, 7) is 6.23. The Morgan fingerprint density at radius 3 is 2.86 bits per heavy atom. The van der Waals surface area contributed by atoms with Gasteiger partial charge in [0.05, 0.1) is 12.2 Å². The smallest absolute Gasteiger partial charge is 0.0983 e. The van der Waals surface area contributed by atoms with E-state index < -0.39 is 12.2 Å². The molecule has 0 aromatic carbocycles. The maximum atomic E-state index is 9.66. The fourth-order valence-electron chi connectivity index (χ4n) is 2.67. The molecule has 0 bridgehead atoms. The first-order valence-electron chi connectivity index (χ1n) is 5.29. The molecule has 14 heavy (non-hydrogen) atoms. The van der Waals surface area contributed by atoms with Gasteiger partial charge in [0, 0.05) is 5.41 Å². The van der Waals surface area contributed by atoms with Crippen molar-refractivity contribution < 1.29 is 10.2 Å². The van der Waals surface area contributed by atoms with E-state index in [4.69, 9.17) is 0 Å². The van der Waals surface area contributed by atoms with Crippen LogP contribution in [0.4, 0.5) is 0 Å². The number of aliphatic hydroxyl groups excluding tert-OH is 2. The van der Waals surface area contributed by atoms with Crippen molar-refractivity contribution in [3.63, 3.8) is 0 Å². The molecule has 2 aliphatic rings. The average molecular weight is 194 g/mol. The van der Waals surface area contributed by atoms with Gasteiger partial charge < -0.3 is 10.2 Å². The zero-order chi connectivity index (χ0) is 10.3. The number of hydrogen-bond donors (Lipinski definition) is 2. The summed E-state index contributed by atoms with van der Waals surface area (Å²) >= 11 is 0. The van der Waals surface area contributed by atoms with Gasteiger partial charge in [-0.05, 0) is 25.7 Å². The molecule has 1 fully saturated rings. The maximum absolute atomic E-state index is 9.66. The molecule has 0 amide bonds. The second kappa shape index (κ2) is 3.21. The first kappa shape index (κ1) is 9.94. The second-order valence-corrected chi connectivity index (χ2v) is 4.74. The van der Waals surface area contributed by atoms with E-state index in [1.165, 1.54) is 11.1 Å². The molecular formula is C12H18O2. The fourth-order valence-corrected chi connectivity index (χ4v) is 2.67. The summed E-state index contributed by atoms with van der Waals surface area (Å²) < 4.78 is 0. The lowest BCUT2D eigenvalue weighted by Crippen LogP contribution is -2.40. The standard InChI is InChI=1S/C12H18O2/c1-8-4-3-5-9-6-10(13)11(14)7-12(8,9)2/h6,10-11,13-14H,1,3-5,7H2,2H3. The minimum Gasteiger partial charge on any atom is -0.390 e. The van der Waals surface area contributed by atoms with Gasteiger partial charge in [0.25, 0.3) is 0 Å². The van der Waals surface area contributed by atoms with Gasteiger partial charge in [-0.25, -0.2) is 0 Å². The minimum absolute atomic E-state index is 0.0586. The van der Waals surface area contributed by atoms with Crippen LogP contribution in [0.25, 0.3) is 0 Å². The van der Waals surface area contributed by atoms with Crippen molar-refractivity contribution in [2.45, 2.75) is 44.8 Å². The van der Waals surface area contributed by atoms with E-state index in [1.807, 2.05) is 6.08 Å². The molecule has 0 aromatic heterocycles. The number of fused-ring (bicyclic) bond motifs is 1. The second-order valence-electron chi connectivity index (χ2n) is 4.74. The van der Waals surface area contributed by atoms with Crippen LogP contribution in [0.3, 0.4) is 0 Å². The molecule has 0 heterocycles. The van der Waals surface area contributed by atoms with Gasteiger partial charge in [-0.2, -0.15) is 0 Å². The summed E-state index contributed by atoms with van der Waals surface area (Å²) in [5.41, 5.74) is 2.42. The Bertz CT molecular complexity index is 293. The molecule has 2 rings (SSSR count). The van der Waals surface area contributed by atoms with Gasteiger partial charge in [0.1, 0.15) is 0 Å². The van der Waals surface area contributed by atoms with Crippen molar-refractivity contribution in [2.75, 3.05) is 0 Å². The van der Waals surface area contributed by atoms with Crippen LogP contribution in [0.2, 0.25) is 0 Å². The molecule has 3 atom stereocenters. The highest BCUT2D eigenvalue weighted by atomic mass is 16.3. The number of allylic oxidation sites excluding steroid dienone is 2. The summed E-state index contributed by atoms with van der Waals surface area (Å²) in [6, 6.07) is 0.